The summed E-state index contributed by atoms with van der Waals surface area (Å²) < 4.78 is 0. The zero-order valence-electron chi connectivity index (χ0n) is 9.79. The first kappa shape index (κ1) is 13.0. The van der Waals surface area contributed by atoms with Crippen LogP contribution in [0.3, 0.4) is 0 Å². The van der Waals surface area contributed by atoms with Crippen molar-refractivity contribution >= 4 is 5.69 Å². The molecule has 0 aromatic heterocycles. The summed E-state index contributed by atoms with van der Waals surface area (Å²) >= 11 is 0. The van der Waals surface area contributed by atoms with Crippen molar-refractivity contribution in [2.75, 3.05) is 12.6 Å². The fourth-order valence-corrected chi connectivity index (χ4v) is 1.05. The number of hydrogen-bond acceptors (Lipinski definition) is 2. The molecule has 0 aliphatic rings. The van der Waals surface area contributed by atoms with E-state index in [1.807, 2.05) is 26.0 Å². The van der Waals surface area contributed by atoms with Crippen LogP contribution in [0.25, 0.3) is 0 Å². The lowest BCUT2D eigenvalue weighted by molar-refractivity contribution is 0.271. The van der Waals surface area contributed by atoms with E-state index < -0.39 is 0 Å². The van der Waals surface area contributed by atoms with Gasteiger partial charge in [0, 0.05) is 0 Å². The first-order chi connectivity index (χ1) is 6.74. The molecule has 0 atom stereocenters. The first-order valence-electron chi connectivity index (χ1n) is 5.13. The Labute approximate surface area is 87.2 Å². The lowest BCUT2D eigenvalue weighted by Crippen LogP contribution is -1.95. The van der Waals surface area contributed by atoms with Crippen molar-refractivity contribution in [1.82, 2.24) is 0 Å². The van der Waals surface area contributed by atoms with E-state index in [4.69, 9.17) is 4.84 Å². The Morgan fingerprint density at radius 2 is 1.57 bits per heavy atom. The molecule has 0 spiro atoms. The Kier molecular flexibility index (Phi) is 6.85. The molecule has 0 radical (unpaired) electrons. The van der Waals surface area contributed by atoms with Gasteiger partial charge in [0.25, 0.3) is 0 Å². The van der Waals surface area contributed by atoms with Crippen molar-refractivity contribution < 1.29 is 4.84 Å². The maximum atomic E-state index is 4.78. The predicted octanol–water partition coefficient (Wildman–Crippen LogP) is 3.81. The van der Waals surface area contributed by atoms with Crippen LogP contribution >= 0.6 is 0 Å². The summed E-state index contributed by atoms with van der Waals surface area (Å²) in [7, 11) is 1.61. The quantitative estimate of drug-likeness (QED) is 0.740. The molecule has 0 aliphatic carbocycles. The fourth-order valence-electron chi connectivity index (χ4n) is 1.05. The van der Waals surface area contributed by atoms with Crippen LogP contribution in [0.15, 0.2) is 24.3 Å². The average molecular weight is 195 g/mol. The highest BCUT2D eigenvalue weighted by atomic mass is 16.6. The lowest BCUT2D eigenvalue weighted by atomic mass is 10.0. The second kappa shape index (κ2) is 7.39. The van der Waals surface area contributed by atoms with Gasteiger partial charge in [0.15, 0.2) is 0 Å². The van der Waals surface area contributed by atoms with E-state index >= 15 is 0 Å². The van der Waals surface area contributed by atoms with E-state index in [2.05, 4.69) is 31.5 Å². The number of rotatable bonds is 3. The lowest BCUT2D eigenvalue weighted by Gasteiger charge is -2.06. The molecule has 0 saturated heterocycles. The molecular formula is C12H21NO. The zero-order valence-corrected chi connectivity index (χ0v) is 9.79. The molecule has 0 saturated carbocycles. The van der Waals surface area contributed by atoms with Gasteiger partial charge in [0.2, 0.25) is 0 Å². The van der Waals surface area contributed by atoms with Crippen LogP contribution in [-0.4, -0.2) is 7.11 Å². The SMILES string of the molecule is CC.CONc1ccc(C(C)C)cc1. The zero-order chi connectivity index (χ0) is 11.0. The summed E-state index contributed by atoms with van der Waals surface area (Å²) in [6.07, 6.45) is 0. The Morgan fingerprint density at radius 3 is 1.93 bits per heavy atom. The monoisotopic (exact) mass is 195 g/mol. The van der Waals surface area contributed by atoms with E-state index in [1.54, 1.807) is 7.11 Å². The molecule has 0 unspecified atom stereocenters. The van der Waals surface area contributed by atoms with E-state index in [9.17, 15) is 0 Å². The molecule has 2 heteroatoms. The van der Waals surface area contributed by atoms with Gasteiger partial charge >= 0.3 is 0 Å². The minimum absolute atomic E-state index is 0.585. The van der Waals surface area contributed by atoms with Crippen LogP contribution in [0.5, 0.6) is 0 Å². The standard InChI is InChI=1S/C10H15NO.C2H6/c1-8(2)9-4-6-10(7-5-9)11-12-3;1-2/h4-8,11H,1-3H3;1-2H3. The molecule has 1 aromatic carbocycles. The summed E-state index contributed by atoms with van der Waals surface area (Å²) in [5.74, 6) is 0.585. The molecule has 80 valence electrons. The van der Waals surface area contributed by atoms with Crippen molar-refractivity contribution in [3.05, 3.63) is 29.8 Å². The smallest absolute Gasteiger partial charge is 0.0636 e. The number of hydrogen-bond donors (Lipinski definition) is 1. The van der Waals surface area contributed by atoms with Gasteiger partial charge in [0.1, 0.15) is 0 Å². The molecule has 0 amide bonds. The Hall–Kier alpha value is -1.02. The number of nitrogens with one attached hydrogen (secondary N) is 1. The van der Waals surface area contributed by atoms with Crippen LogP contribution in [-0.2, 0) is 4.84 Å². The summed E-state index contributed by atoms with van der Waals surface area (Å²) in [4.78, 5) is 4.78. The highest BCUT2D eigenvalue weighted by Crippen LogP contribution is 2.16. The third-order valence-electron chi connectivity index (χ3n) is 1.80. The first-order valence-corrected chi connectivity index (χ1v) is 5.13. The van der Waals surface area contributed by atoms with Gasteiger partial charge < -0.3 is 0 Å². The minimum atomic E-state index is 0.585. The van der Waals surface area contributed by atoms with E-state index in [1.165, 1.54) is 5.56 Å². The average Bonchev–Trinajstić information content (AvgIpc) is 2.22. The van der Waals surface area contributed by atoms with Gasteiger partial charge in [-0.2, -0.15) is 0 Å². The molecule has 1 rings (SSSR count). The number of benzene rings is 1. The third kappa shape index (κ3) is 4.28. The van der Waals surface area contributed by atoms with Crippen LogP contribution in [0.4, 0.5) is 5.69 Å². The van der Waals surface area contributed by atoms with Gasteiger partial charge in [-0.05, 0) is 23.6 Å². The van der Waals surface area contributed by atoms with Crippen LogP contribution in [0, 0.1) is 0 Å². The van der Waals surface area contributed by atoms with Crippen LogP contribution in [0.2, 0.25) is 0 Å². The van der Waals surface area contributed by atoms with Gasteiger partial charge in [-0.1, -0.05) is 39.8 Å². The highest BCUT2D eigenvalue weighted by molar-refractivity contribution is 5.43. The van der Waals surface area contributed by atoms with Gasteiger partial charge in [0.05, 0.1) is 12.8 Å². The second-order valence-electron chi connectivity index (χ2n) is 3.08. The predicted molar refractivity (Wildman–Crippen MR) is 62.5 cm³/mol. The summed E-state index contributed by atoms with van der Waals surface area (Å²) in [5.41, 5.74) is 5.11. The normalized spacial score (nSPS) is 9.29. The molecule has 0 aliphatic heterocycles. The molecule has 0 heterocycles. The summed E-state index contributed by atoms with van der Waals surface area (Å²) in [6, 6.07) is 8.23. The fraction of sp³-hybridized carbons (Fsp3) is 0.500. The molecular weight excluding hydrogens is 174 g/mol. The molecule has 2 nitrogen and oxygen atoms in total. The molecule has 0 fully saturated rings. The molecule has 1 N–H and O–H groups in total. The maximum absolute atomic E-state index is 4.78. The highest BCUT2D eigenvalue weighted by Gasteiger charge is 1.97. The molecule has 1 aromatic rings. The Balaban J connectivity index is 0.000000791. The minimum Gasteiger partial charge on any atom is -0.279 e. The number of anilines is 1. The van der Waals surface area contributed by atoms with Crippen LogP contribution in [0.1, 0.15) is 39.2 Å². The third-order valence-corrected chi connectivity index (χ3v) is 1.80. The van der Waals surface area contributed by atoms with Gasteiger partial charge in [-0.15, -0.1) is 0 Å². The molecule has 14 heavy (non-hydrogen) atoms. The van der Waals surface area contributed by atoms with Crippen molar-refractivity contribution in [1.29, 1.82) is 0 Å². The van der Waals surface area contributed by atoms with Crippen LogP contribution < -0.4 is 5.48 Å². The van der Waals surface area contributed by atoms with Crippen molar-refractivity contribution in [3.8, 4) is 0 Å². The summed E-state index contributed by atoms with van der Waals surface area (Å²) in [6.45, 7) is 8.36. The topological polar surface area (TPSA) is 21.3 Å². The largest absolute Gasteiger partial charge is 0.279 e. The van der Waals surface area contributed by atoms with E-state index in [0.29, 0.717) is 5.92 Å². The van der Waals surface area contributed by atoms with E-state index in [-0.39, 0.29) is 0 Å². The Bertz CT molecular complexity index is 229. The van der Waals surface area contributed by atoms with Crippen molar-refractivity contribution in [3.63, 3.8) is 0 Å². The van der Waals surface area contributed by atoms with Crippen molar-refractivity contribution in [2.45, 2.75) is 33.6 Å². The van der Waals surface area contributed by atoms with Gasteiger partial charge in [-0.3, -0.25) is 10.3 Å². The maximum Gasteiger partial charge on any atom is 0.0636 e. The molecule has 0 bridgehead atoms. The van der Waals surface area contributed by atoms with Crippen molar-refractivity contribution in [2.24, 2.45) is 0 Å². The summed E-state index contributed by atoms with van der Waals surface area (Å²) in [5, 5.41) is 0. The second-order valence-corrected chi connectivity index (χ2v) is 3.08. The van der Waals surface area contributed by atoms with E-state index in [0.717, 1.165) is 5.69 Å². The van der Waals surface area contributed by atoms with Gasteiger partial charge in [-0.25, -0.2) is 0 Å². The Morgan fingerprint density at radius 1 is 1.07 bits per heavy atom.